The molecule has 0 radical (unpaired) electrons. The third kappa shape index (κ3) is 3.38. The van der Waals surface area contributed by atoms with Crippen LogP contribution in [0.5, 0.6) is 0 Å². The van der Waals surface area contributed by atoms with Crippen LogP contribution in [0.4, 0.5) is 0 Å². The summed E-state index contributed by atoms with van der Waals surface area (Å²) < 4.78 is 5.49. The van der Waals surface area contributed by atoms with Crippen LogP contribution in [0, 0.1) is 13.8 Å². The maximum absolute atomic E-state index is 5.49. The first-order valence-electron chi connectivity index (χ1n) is 7.08. The van der Waals surface area contributed by atoms with Crippen LogP contribution in [0.25, 0.3) is 11.0 Å². The van der Waals surface area contributed by atoms with Gasteiger partial charge >= 0.3 is 0 Å². The second kappa shape index (κ2) is 7.97. The summed E-state index contributed by atoms with van der Waals surface area (Å²) in [6.45, 7) is 16.7. The Bertz CT molecular complexity index is 464. The number of fused-ring (bicyclic) bond motifs is 1. The molecule has 0 saturated heterocycles. The van der Waals surface area contributed by atoms with Crippen molar-refractivity contribution in [3.05, 3.63) is 35.1 Å². The SMILES string of the molecule is CC.CC.Cc1cc(C)c2occc2c1C(C)C. The van der Waals surface area contributed by atoms with Crippen molar-refractivity contribution >= 4 is 11.0 Å². The minimum atomic E-state index is 0.552. The molecule has 1 nitrogen and oxygen atoms in total. The summed E-state index contributed by atoms with van der Waals surface area (Å²) in [5.74, 6) is 0.552. The minimum absolute atomic E-state index is 0.552. The molecule has 0 aliphatic heterocycles. The molecule has 0 N–H and O–H groups in total. The van der Waals surface area contributed by atoms with Gasteiger partial charge in [-0.2, -0.15) is 0 Å². The summed E-state index contributed by atoms with van der Waals surface area (Å²) in [6, 6.07) is 4.28. The van der Waals surface area contributed by atoms with Gasteiger partial charge in [-0.3, -0.25) is 0 Å². The van der Waals surface area contributed by atoms with Gasteiger partial charge in [-0.15, -0.1) is 0 Å². The highest BCUT2D eigenvalue weighted by Gasteiger charge is 2.12. The molecule has 2 rings (SSSR count). The second-order valence-corrected chi connectivity index (χ2v) is 4.24. The third-order valence-electron chi connectivity index (χ3n) is 2.75. The zero-order valence-electron chi connectivity index (χ0n) is 13.2. The second-order valence-electron chi connectivity index (χ2n) is 4.24. The maximum atomic E-state index is 5.49. The fourth-order valence-electron chi connectivity index (χ4n) is 2.27. The molecule has 1 aromatic carbocycles. The quantitative estimate of drug-likeness (QED) is 0.583. The van der Waals surface area contributed by atoms with Crippen molar-refractivity contribution in [2.75, 3.05) is 0 Å². The highest BCUT2D eigenvalue weighted by atomic mass is 16.3. The Hall–Kier alpha value is -1.24. The van der Waals surface area contributed by atoms with Crippen LogP contribution in [0.2, 0.25) is 0 Å². The number of benzene rings is 1. The molecule has 0 spiro atoms. The fraction of sp³-hybridized carbons (Fsp3) is 0.529. The van der Waals surface area contributed by atoms with Gasteiger partial charge in [-0.25, -0.2) is 0 Å². The Balaban J connectivity index is 0.000000659. The molecule has 1 heteroatoms. The van der Waals surface area contributed by atoms with Crippen LogP contribution in [-0.4, -0.2) is 0 Å². The van der Waals surface area contributed by atoms with Gasteiger partial charge in [0.25, 0.3) is 0 Å². The lowest BCUT2D eigenvalue weighted by molar-refractivity contribution is 0.613. The Labute approximate surface area is 112 Å². The highest BCUT2D eigenvalue weighted by molar-refractivity contribution is 5.85. The van der Waals surface area contributed by atoms with Crippen molar-refractivity contribution in [2.24, 2.45) is 0 Å². The first-order chi connectivity index (χ1) is 8.61. The van der Waals surface area contributed by atoms with Crippen LogP contribution in [-0.2, 0) is 0 Å². The molecule has 0 saturated carbocycles. The van der Waals surface area contributed by atoms with E-state index in [0.29, 0.717) is 5.92 Å². The largest absolute Gasteiger partial charge is 0.464 e. The molecule has 18 heavy (non-hydrogen) atoms. The van der Waals surface area contributed by atoms with Gasteiger partial charge in [0.1, 0.15) is 5.58 Å². The van der Waals surface area contributed by atoms with Gasteiger partial charge < -0.3 is 4.42 Å². The van der Waals surface area contributed by atoms with Crippen molar-refractivity contribution < 1.29 is 4.42 Å². The molecule has 0 amide bonds. The summed E-state index contributed by atoms with van der Waals surface area (Å²) in [4.78, 5) is 0. The average molecular weight is 248 g/mol. The van der Waals surface area contributed by atoms with Crippen LogP contribution < -0.4 is 0 Å². The molecule has 0 fully saturated rings. The number of hydrogen-bond donors (Lipinski definition) is 0. The molecule has 0 atom stereocenters. The summed E-state index contributed by atoms with van der Waals surface area (Å²) in [5, 5.41) is 1.28. The molecule has 102 valence electrons. The smallest absolute Gasteiger partial charge is 0.137 e. The van der Waals surface area contributed by atoms with E-state index in [-0.39, 0.29) is 0 Å². The van der Waals surface area contributed by atoms with E-state index in [4.69, 9.17) is 4.42 Å². The fourth-order valence-corrected chi connectivity index (χ4v) is 2.27. The average Bonchev–Trinajstić information content (AvgIpc) is 2.83. The van der Waals surface area contributed by atoms with Crippen LogP contribution in [0.3, 0.4) is 0 Å². The Morgan fingerprint density at radius 3 is 2.00 bits per heavy atom. The van der Waals surface area contributed by atoms with Gasteiger partial charge in [0, 0.05) is 5.39 Å². The number of hydrogen-bond acceptors (Lipinski definition) is 1. The minimum Gasteiger partial charge on any atom is -0.464 e. The normalized spacial score (nSPS) is 9.61. The first kappa shape index (κ1) is 16.8. The standard InChI is InChI=1S/C13H16O.2C2H6/c1-8(2)12-9(3)7-10(4)13-11(12)5-6-14-13;2*1-2/h5-8H,1-4H3;2*1-2H3. The number of aryl methyl sites for hydroxylation is 2. The van der Waals surface area contributed by atoms with Gasteiger partial charge in [0.05, 0.1) is 6.26 Å². The predicted octanol–water partition coefficient (Wildman–Crippen LogP) is 6.23. The third-order valence-corrected chi connectivity index (χ3v) is 2.75. The lowest BCUT2D eigenvalue weighted by Crippen LogP contribution is -1.93. The van der Waals surface area contributed by atoms with Crippen LogP contribution in [0.15, 0.2) is 22.8 Å². The molecule has 1 aromatic heterocycles. The van der Waals surface area contributed by atoms with Crippen molar-refractivity contribution in [3.63, 3.8) is 0 Å². The van der Waals surface area contributed by atoms with Gasteiger partial charge in [-0.05, 0) is 42.5 Å². The van der Waals surface area contributed by atoms with E-state index >= 15 is 0 Å². The first-order valence-corrected chi connectivity index (χ1v) is 7.08. The summed E-state index contributed by atoms with van der Waals surface area (Å²) in [6.07, 6.45) is 1.78. The highest BCUT2D eigenvalue weighted by Crippen LogP contribution is 2.31. The molecule has 2 aromatic rings. The van der Waals surface area contributed by atoms with Gasteiger partial charge in [0.15, 0.2) is 0 Å². The number of furan rings is 1. The van der Waals surface area contributed by atoms with Crippen molar-refractivity contribution in [1.82, 2.24) is 0 Å². The van der Waals surface area contributed by atoms with Crippen LogP contribution in [0.1, 0.15) is 64.2 Å². The Morgan fingerprint density at radius 2 is 1.50 bits per heavy atom. The predicted molar refractivity (Wildman–Crippen MR) is 82.5 cm³/mol. The van der Waals surface area contributed by atoms with E-state index in [0.717, 1.165) is 5.58 Å². The van der Waals surface area contributed by atoms with E-state index in [1.165, 1.54) is 22.1 Å². The van der Waals surface area contributed by atoms with Crippen molar-refractivity contribution in [3.8, 4) is 0 Å². The Morgan fingerprint density at radius 1 is 0.944 bits per heavy atom. The van der Waals surface area contributed by atoms with Gasteiger partial charge in [-0.1, -0.05) is 47.6 Å². The summed E-state index contributed by atoms with van der Waals surface area (Å²) >= 11 is 0. The maximum Gasteiger partial charge on any atom is 0.137 e. The lowest BCUT2D eigenvalue weighted by Gasteiger charge is -2.12. The summed E-state index contributed by atoms with van der Waals surface area (Å²) in [5.41, 5.74) is 5.05. The zero-order valence-corrected chi connectivity index (χ0v) is 13.2. The van der Waals surface area contributed by atoms with E-state index in [2.05, 4.69) is 39.8 Å². The zero-order chi connectivity index (χ0) is 14.3. The molecule has 1 heterocycles. The van der Waals surface area contributed by atoms with E-state index in [9.17, 15) is 0 Å². The number of rotatable bonds is 1. The Kier molecular flexibility index (Phi) is 7.42. The molecule has 0 unspecified atom stereocenters. The van der Waals surface area contributed by atoms with Crippen molar-refractivity contribution in [2.45, 2.75) is 61.3 Å². The van der Waals surface area contributed by atoms with E-state index in [1.54, 1.807) is 6.26 Å². The van der Waals surface area contributed by atoms with E-state index in [1.807, 2.05) is 27.7 Å². The molecule has 0 aliphatic carbocycles. The molecular formula is C17H28O. The monoisotopic (exact) mass is 248 g/mol. The topological polar surface area (TPSA) is 13.1 Å². The lowest BCUT2D eigenvalue weighted by atomic mass is 9.93. The summed E-state index contributed by atoms with van der Waals surface area (Å²) in [7, 11) is 0. The molecule has 0 bridgehead atoms. The van der Waals surface area contributed by atoms with Crippen molar-refractivity contribution in [1.29, 1.82) is 0 Å². The van der Waals surface area contributed by atoms with Gasteiger partial charge in [0.2, 0.25) is 0 Å². The van der Waals surface area contributed by atoms with E-state index < -0.39 is 0 Å². The van der Waals surface area contributed by atoms with Crippen LogP contribution >= 0.6 is 0 Å². The molecular weight excluding hydrogens is 220 g/mol. The molecule has 0 aliphatic rings.